The van der Waals surface area contributed by atoms with E-state index in [9.17, 15) is 0 Å². The second-order valence-electron chi connectivity index (χ2n) is 5.49. The summed E-state index contributed by atoms with van der Waals surface area (Å²) in [6.07, 6.45) is 9.87. The number of hydrogen-bond acceptors (Lipinski definition) is 1. The van der Waals surface area contributed by atoms with Gasteiger partial charge in [-0.1, -0.05) is 43.2 Å². The van der Waals surface area contributed by atoms with Crippen LogP contribution in [-0.4, -0.2) is 5.54 Å². The Morgan fingerprint density at radius 2 is 1.75 bits per heavy atom. The Morgan fingerprint density at radius 3 is 2.31 bits per heavy atom. The summed E-state index contributed by atoms with van der Waals surface area (Å²) in [4.78, 5) is 0. The third kappa shape index (κ3) is 1.41. The molecule has 2 aliphatic rings. The summed E-state index contributed by atoms with van der Waals surface area (Å²) in [7, 11) is 0. The molecule has 2 saturated carbocycles. The van der Waals surface area contributed by atoms with E-state index < -0.39 is 0 Å². The van der Waals surface area contributed by atoms with Crippen molar-refractivity contribution in [2.45, 2.75) is 49.5 Å². The highest BCUT2D eigenvalue weighted by Gasteiger charge is 2.57. The van der Waals surface area contributed by atoms with Crippen LogP contribution >= 0.6 is 0 Å². The van der Waals surface area contributed by atoms with Crippen LogP contribution in [0.2, 0.25) is 0 Å². The molecule has 2 aliphatic carbocycles. The van der Waals surface area contributed by atoms with E-state index in [-0.39, 0.29) is 11.0 Å². The largest absolute Gasteiger partial charge is 0.324 e. The molecular formula is C15H20N. The fourth-order valence-corrected chi connectivity index (χ4v) is 3.37. The van der Waals surface area contributed by atoms with Crippen LogP contribution in [0.5, 0.6) is 0 Å². The van der Waals surface area contributed by atoms with Crippen molar-refractivity contribution < 1.29 is 0 Å². The second-order valence-corrected chi connectivity index (χ2v) is 5.49. The minimum Gasteiger partial charge on any atom is -0.324 e. The van der Waals surface area contributed by atoms with E-state index in [1.807, 2.05) is 0 Å². The van der Waals surface area contributed by atoms with Gasteiger partial charge >= 0.3 is 0 Å². The van der Waals surface area contributed by atoms with Crippen LogP contribution in [0.25, 0.3) is 0 Å². The van der Waals surface area contributed by atoms with Crippen molar-refractivity contribution in [3.8, 4) is 0 Å². The van der Waals surface area contributed by atoms with Crippen molar-refractivity contribution in [3.05, 3.63) is 42.3 Å². The van der Waals surface area contributed by atoms with Crippen molar-refractivity contribution in [2.75, 3.05) is 0 Å². The van der Waals surface area contributed by atoms with Crippen LogP contribution in [0.1, 0.15) is 44.1 Å². The van der Waals surface area contributed by atoms with Crippen LogP contribution in [0.15, 0.2) is 30.3 Å². The number of rotatable bonds is 2. The summed E-state index contributed by atoms with van der Waals surface area (Å²) >= 11 is 0. The third-order valence-corrected chi connectivity index (χ3v) is 4.57. The summed E-state index contributed by atoms with van der Waals surface area (Å²) in [5.74, 6) is 0. The summed E-state index contributed by atoms with van der Waals surface area (Å²) in [6.45, 7) is 0. The standard InChI is InChI=1S/C15H20N/c16-15(11-12-15)14(9-5-2-6-10-14)13-7-3-1-4-8-13/h1,3-5,7-8H,2,6,9-12,16H2. The molecule has 0 saturated heterocycles. The van der Waals surface area contributed by atoms with E-state index in [2.05, 4.69) is 36.8 Å². The molecule has 0 amide bonds. The minimum absolute atomic E-state index is 0.0886. The van der Waals surface area contributed by atoms with Crippen LogP contribution in [0, 0.1) is 6.42 Å². The zero-order chi connectivity index (χ0) is 11.1. The van der Waals surface area contributed by atoms with E-state index in [1.165, 1.54) is 44.1 Å². The molecule has 85 valence electrons. The Morgan fingerprint density at radius 1 is 1.00 bits per heavy atom. The van der Waals surface area contributed by atoms with E-state index in [4.69, 9.17) is 5.73 Å². The minimum atomic E-state index is 0.0886. The Bertz CT molecular complexity index is 358. The lowest BCUT2D eigenvalue weighted by Gasteiger charge is -2.43. The van der Waals surface area contributed by atoms with Crippen molar-refractivity contribution in [3.63, 3.8) is 0 Å². The molecule has 0 spiro atoms. The highest BCUT2D eigenvalue weighted by Crippen LogP contribution is 2.56. The van der Waals surface area contributed by atoms with Gasteiger partial charge in [-0.15, -0.1) is 0 Å². The first kappa shape index (κ1) is 10.3. The zero-order valence-electron chi connectivity index (χ0n) is 9.78. The highest BCUT2D eigenvalue weighted by molar-refractivity contribution is 5.36. The molecule has 0 bridgehead atoms. The summed E-state index contributed by atoms with van der Waals surface area (Å²) in [5.41, 5.74) is 8.36. The summed E-state index contributed by atoms with van der Waals surface area (Å²) in [5, 5.41) is 0. The molecule has 16 heavy (non-hydrogen) atoms. The monoisotopic (exact) mass is 214 g/mol. The second kappa shape index (κ2) is 3.59. The molecule has 1 nitrogen and oxygen atoms in total. The number of benzene rings is 1. The van der Waals surface area contributed by atoms with Gasteiger partial charge in [-0.25, -0.2) is 0 Å². The molecule has 0 heterocycles. The van der Waals surface area contributed by atoms with Gasteiger partial charge in [-0.05, 0) is 37.7 Å². The van der Waals surface area contributed by atoms with Crippen LogP contribution in [0.4, 0.5) is 0 Å². The molecule has 2 fully saturated rings. The lowest BCUT2D eigenvalue weighted by Crippen LogP contribution is -2.49. The van der Waals surface area contributed by atoms with Gasteiger partial charge in [0.15, 0.2) is 0 Å². The first-order chi connectivity index (χ1) is 7.77. The quantitative estimate of drug-likeness (QED) is 0.804. The van der Waals surface area contributed by atoms with Gasteiger partial charge in [0.05, 0.1) is 0 Å². The van der Waals surface area contributed by atoms with Gasteiger partial charge in [0, 0.05) is 11.0 Å². The zero-order valence-corrected chi connectivity index (χ0v) is 9.78. The normalized spacial score (nSPS) is 26.3. The van der Waals surface area contributed by atoms with Gasteiger partial charge in [-0.3, -0.25) is 0 Å². The number of hydrogen-bond donors (Lipinski definition) is 1. The lowest BCUT2D eigenvalue weighted by atomic mass is 9.63. The molecule has 1 unspecified atom stereocenters. The summed E-state index contributed by atoms with van der Waals surface area (Å²) in [6, 6.07) is 10.9. The molecule has 1 heteroatoms. The van der Waals surface area contributed by atoms with E-state index in [1.54, 1.807) is 0 Å². The molecule has 1 aromatic rings. The van der Waals surface area contributed by atoms with Crippen molar-refractivity contribution in [1.82, 2.24) is 0 Å². The molecule has 2 N–H and O–H groups in total. The average Bonchev–Trinajstić information content (AvgIpc) is 3.11. The van der Waals surface area contributed by atoms with Crippen molar-refractivity contribution in [2.24, 2.45) is 5.73 Å². The molecule has 3 rings (SSSR count). The Kier molecular flexibility index (Phi) is 2.32. The molecule has 0 aliphatic heterocycles. The average molecular weight is 214 g/mol. The van der Waals surface area contributed by atoms with Gasteiger partial charge < -0.3 is 5.73 Å². The molecule has 1 atom stereocenters. The lowest BCUT2D eigenvalue weighted by molar-refractivity contribution is 0.261. The molecule has 1 aromatic carbocycles. The molecule has 1 radical (unpaired) electrons. The SMILES string of the molecule is NC1(C2(c3ccccc3)C[CH]CCC2)CC1. The molecule has 0 aromatic heterocycles. The van der Waals surface area contributed by atoms with Gasteiger partial charge in [0.2, 0.25) is 0 Å². The van der Waals surface area contributed by atoms with Gasteiger partial charge in [-0.2, -0.15) is 0 Å². The predicted octanol–water partition coefficient (Wildman–Crippen LogP) is 3.19. The fourth-order valence-electron chi connectivity index (χ4n) is 3.37. The van der Waals surface area contributed by atoms with Gasteiger partial charge in [0.25, 0.3) is 0 Å². The van der Waals surface area contributed by atoms with Crippen molar-refractivity contribution >= 4 is 0 Å². The first-order valence-corrected chi connectivity index (χ1v) is 6.43. The summed E-state index contributed by atoms with van der Waals surface area (Å²) < 4.78 is 0. The topological polar surface area (TPSA) is 26.0 Å². The predicted molar refractivity (Wildman–Crippen MR) is 67.0 cm³/mol. The first-order valence-electron chi connectivity index (χ1n) is 6.43. The van der Waals surface area contributed by atoms with Crippen LogP contribution < -0.4 is 5.73 Å². The van der Waals surface area contributed by atoms with E-state index in [0.29, 0.717) is 0 Å². The van der Waals surface area contributed by atoms with Crippen molar-refractivity contribution in [1.29, 1.82) is 0 Å². The molecular weight excluding hydrogens is 194 g/mol. The van der Waals surface area contributed by atoms with Crippen LogP contribution in [0.3, 0.4) is 0 Å². The Hall–Kier alpha value is -0.820. The maximum absolute atomic E-state index is 6.57. The smallest absolute Gasteiger partial charge is 0.0253 e. The van der Waals surface area contributed by atoms with E-state index in [0.717, 1.165) is 0 Å². The van der Waals surface area contributed by atoms with E-state index >= 15 is 0 Å². The maximum Gasteiger partial charge on any atom is 0.0253 e. The van der Waals surface area contributed by atoms with Crippen LogP contribution in [-0.2, 0) is 5.41 Å². The Balaban J connectivity index is 2.02. The highest BCUT2D eigenvalue weighted by atomic mass is 14.9. The van der Waals surface area contributed by atoms with Gasteiger partial charge in [0.1, 0.15) is 0 Å². The maximum atomic E-state index is 6.57. The fraction of sp³-hybridized carbons (Fsp3) is 0.533. The number of nitrogens with two attached hydrogens (primary N) is 1. The third-order valence-electron chi connectivity index (χ3n) is 4.57. The Labute approximate surface area is 98.0 Å².